The molecule has 1 saturated heterocycles. The van der Waals surface area contributed by atoms with Crippen molar-refractivity contribution in [2.75, 3.05) is 30.4 Å². The number of halogens is 1. The van der Waals surface area contributed by atoms with Crippen molar-refractivity contribution >= 4 is 17.4 Å². The molecular formula is C26H26FN5O. The summed E-state index contributed by atoms with van der Waals surface area (Å²) < 4.78 is 13.4. The van der Waals surface area contributed by atoms with Crippen LogP contribution < -0.4 is 10.2 Å². The fraction of sp³-hybridized carbons (Fsp3) is 0.269. The van der Waals surface area contributed by atoms with E-state index in [-0.39, 0.29) is 11.5 Å². The quantitative estimate of drug-likeness (QED) is 0.610. The van der Waals surface area contributed by atoms with E-state index in [0.717, 1.165) is 43.9 Å². The summed E-state index contributed by atoms with van der Waals surface area (Å²) in [4.78, 5) is 21.5. The first-order valence-electron chi connectivity index (χ1n) is 11.0. The third kappa shape index (κ3) is 5.73. The van der Waals surface area contributed by atoms with Gasteiger partial charge in [0.05, 0.1) is 11.6 Å². The number of aromatic nitrogens is 1. The molecule has 6 nitrogen and oxygen atoms in total. The molecule has 33 heavy (non-hydrogen) atoms. The largest absolute Gasteiger partial charge is 0.356 e. The molecule has 1 aromatic heterocycles. The van der Waals surface area contributed by atoms with Crippen LogP contribution in [0.15, 0.2) is 66.9 Å². The SMILES string of the molecule is CN(Cc1cccc(C#N)c1)C1CCN(c2cc(NC(=O)c3cccc(F)c3)ccn2)CC1. The van der Waals surface area contributed by atoms with Crippen LogP contribution in [0.4, 0.5) is 15.9 Å². The maximum Gasteiger partial charge on any atom is 0.255 e. The summed E-state index contributed by atoms with van der Waals surface area (Å²) in [6.07, 6.45) is 3.67. The van der Waals surface area contributed by atoms with Crippen molar-refractivity contribution in [2.24, 2.45) is 0 Å². The number of pyridine rings is 1. The molecule has 2 aromatic carbocycles. The van der Waals surface area contributed by atoms with Gasteiger partial charge in [-0.2, -0.15) is 5.26 Å². The van der Waals surface area contributed by atoms with Crippen molar-refractivity contribution in [1.82, 2.24) is 9.88 Å². The molecule has 1 N–H and O–H groups in total. The molecule has 7 heteroatoms. The summed E-state index contributed by atoms with van der Waals surface area (Å²) in [6, 6.07) is 19.6. The topological polar surface area (TPSA) is 72.3 Å². The predicted molar refractivity (Wildman–Crippen MR) is 126 cm³/mol. The number of piperidine rings is 1. The maximum atomic E-state index is 13.4. The lowest BCUT2D eigenvalue weighted by molar-refractivity contribution is 0.102. The van der Waals surface area contributed by atoms with Gasteiger partial charge in [0.1, 0.15) is 11.6 Å². The number of amides is 1. The molecular weight excluding hydrogens is 417 g/mol. The van der Waals surface area contributed by atoms with Gasteiger partial charge in [0.25, 0.3) is 5.91 Å². The Morgan fingerprint density at radius 1 is 1.18 bits per heavy atom. The van der Waals surface area contributed by atoms with Crippen molar-refractivity contribution in [3.63, 3.8) is 0 Å². The van der Waals surface area contributed by atoms with Crippen LogP contribution in [-0.2, 0) is 6.54 Å². The zero-order valence-electron chi connectivity index (χ0n) is 18.5. The Bertz CT molecular complexity index is 1170. The minimum absolute atomic E-state index is 0.275. The van der Waals surface area contributed by atoms with Crippen molar-refractivity contribution in [3.8, 4) is 6.07 Å². The van der Waals surface area contributed by atoms with E-state index >= 15 is 0 Å². The van der Waals surface area contributed by atoms with E-state index in [2.05, 4.69) is 39.3 Å². The first-order chi connectivity index (χ1) is 16.0. The molecule has 0 aliphatic carbocycles. The number of nitrogens with zero attached hydrogens (tertiary/aromatic N) is 4. The van der Waals surface area contributed by atoms with Gasteiger partial charge in [-0.1, -0.05) is 18.2 Å². The number of rotatable bonds is 6. The van der Waals surface area contributed by atoms with Crippen LogP contribution in [0.5, 0.6) is 0 Å². The van der Waals surface area contributed by atoms with Gasteiger partial charge in [-0.25, -0.2) is 9.37 Å². The summed E-state index contributed by atoms with van der Waals surface area (Å²) in [7, 11) is 2.13. The minimum Gasteiger partial charge on any atom is -0.356 e. The molecule has 2 heterocycles. The van der Waals surface area contributed by atoms with Crippen LogP contribution in [0.25, 0.3) is 0 Å². The van der Waals surface area contributed by atoms with Crippen molar-refractivity contribution in [2.45, 2.75) is 25.4 Å². The van der Waals surface area contributed by atoms with E-state index in [1.807, 2.05) is 24.3 Å². The van der Waals surface area contributed by atoms with Gasteiger partial charge in [-0.15, -0.1) is 0 Å². The highest BCUT2D eigenvalue weighted by Crippen LogP contribution is 2.24. The predicted octanol–water partition coefficient (Wildman–Crippen LogP) is 4.45. The van der Waals surface area contributed by atoms with Crippen LogP contribution in [0.2, 0.25) is 0 Å². The van der Waals surface area contributed by atoms with E-state index in [0.29, 0.717) is 17.3 Å². The summed E-state index contributed by atoms with van der Waals surface area (Å²) in [5.74, 6) is 0.0194. The van der Waals surface area contributed by atoms with E-state index in [1.165, 1.54) is 18.2 Å². The van der Waals surface area contributed by atoms with Crippen molar-refractivity contribution in [3.05, 3.63) is 89.4 Å². The lowest BCUT2D eigenvalue weighted by atomic mass is 10.0. The third-order valence-corrected chi connectivity index (χ3v) is 5.99. The zero-order chi connectivity index (χ0) is 23.2. The number of nitrogens with one attached hydrogen (secondary N) is 1. The van der Waals surface area contributed by atoms with E-state index < -0.39 is 5.82 Å². The Morgan fingerprint density at radius 2 is 1.97 bits per heavy atom. The number of nitriles is 1. The molecule has 3 aromatic rings. The molecule has 0 unspecified atom stereocenters. The highest BCUT2D eigenvalue weighted by Gasteiger charge is 2.23. The number of anilines is 2. The lowest BCUT2D eigenvalue weighted by Gasteiger charge is -2.37. The van der Waals surface area contributed by atoms with Crippen LogP contribution in [0, 0.1) is 17.1 Å². The highest BCUT2D eigenvalue weighted by atomic mass is 19.1. The standard InChI is InChI=1S/C26H26FN5O/c1-31(18-20-5-2-4-19(14-20)17-28)24-9-12-32(13-10-24)25-16-23(8-11-29-25)30-26(33)21-6-3-7-22(27)15-21/h2-8,11,14-16,24H,9-10,12-13,18H2,1H3,(H,29,30,33). The monoisotopic (exact) mass is 443 g/mol. The molecule has 1 aliphatic heterocycles. The fourth-order valence-electron chi connectivity index (χ4n) is 4.19. The molecule has 168 valence electrons. The van der Waals surface area contributed by atoms with Gasteiger partial charge in [-0.05, 0) is 61.9 Å². The summed E-state index contributed by atoms with van der Waals surface area (Å²) >= 11 is 0. The highest BCUT2D eigenvalue weighted by molar-refractivity contribution is 6.04. The van der Waals surface area contributed by atoms with Crippen LogP contribution in [0.1, 0.15) is 34.3 Å². The maximum absolute atomic E-state index is 13.4. The summed E-state index contributed by atoms with van der Waals surface area (Å²) in [5, 5.41) is 11.9. The molecule has 1 amide bonds. The molecule has 4 rings (SSSR count). The zero-order valence-corrected chi connectivity index (χ0v) is 18.5. The smallest absolute Gasteiger partial charge is 0.255 e. The molecule has 0 atom stereocenters. The Morgan fingerprint density at radius 3 is 2.73 bits per heavy atom. The van der Waals surface area contributed by atoms with Crippen molar-refractivity contribution < 1.29 is 9.18 Å². The van der Waals surface area contributed by atoms with Crippen LogP contribution >= 0.6 is 0 Å². The second kappa shape index (κ2) is 10.2. The average Bonchev–Trinajstić information content (AvgIpc) is 2.84. The second-order valence-corrected chi connectivity index (χ2v) is 8.31. The van der Waals surface area contributed by atoms with Gasteiger partial charge < -0.3 is 10.2 Å². The van der Waals surface area contributed by atoms with Gasteiger partial charge in [0.15, 0.2) is 0 Å². The average molecular weight is 444 g/mol. The molecule has 0 radical (unpaired) electrons. The van der Waals surface area contributed by atoms with E-state index in [1.54, 1.807) is 18.3 Å². The summed E-state index contributed by atoms with van der Waals surface area (Å²) in [5.41, 5.74) is 2.73. The lowest BCUT2D eigenvalue weighted by Crippen LogP contribution is -2.43. The molecule has 0 bridgehead atoms. The third-order valence-electron chi connectivity index (χ3n) is 5.99. The van der Waals surface area contributed by atoms with Crippen molar-refractivity contribution in [1.29, 1.82) is 5.26 Å². The van der Waals surface area contributed by atoms with Gasteiger partial charge in [-0.3, -0.25) is 9.69 Å². The Labute approximate surface area is 193 Å². The Kier molecular flexibility index (Phi) is 6.96. The van der Waals surface area contributed by atoms with Gasteiger partial charge in [0.2, 0.25) is 0 Å². The van der Waals surface area contributed by atoms with Crippen LogP contribution in [-0.4, -0.2) is 42.0 Å². The van der Waals surface area contributed by atoms with Gasteiger partial charge in [0, 0.05) is 49.2 Å². The fourth-order valence-corrected chi connectivity index (χ4v) is 4.19. The number of hydrogen-bond donors (Lipinski definition) is 1. The van der Waals surface area contributed by atoms with E-state index in [9.17, 15) is 9.18 Å². The molecule has 1 aliphatic rings. The number of hydrogen-bond acceptors (Lipinski definition) is 5. The number of carbonyl (C=O) groups is 1. The molecule has 0 spiro atoms. The second-order valence-electron chi connectivity index (χ2n) is 8.31. The first-order valence-corrected chi connectivity index (χ1v) is 11.0. The van der Waals surface area contributed by atoms with Crippen LogP contribution in [0.3, 0.4) is 0 Å². The summed E-state index contributed by atoms with van der Waals surface area (Å²) in [6.45, 7) is 2.53. The normalized spacial score (nSPS) is 14.2. The molecule has 0 saturated carbocycles. The molecule has 1 fully saturated rings. The van der Waals surface area contributed by atoms with E-state index in [4.69, 9.17) is 5.26 Å². The first kappa shape index (κ1) is 22.4. The van der Waals surface area contributed by atoms with Gasteiger partial charge >= 0.3 is 0 Å². The number of carbonyl (C=O) groups excluding carboxylic acids is 1. The Hall–Kier alpha value is -3.76. The Balaban J connectivity index is 1.34. The minimum atomic E-state index is -0.441. The number of benzene rings is 2.